The smallest absolute Gasteiger partial charge is 0.318 e. The lowest BCUT2D eigenvalue weighted by Crippen LogP contribution is -2.16. The number of hydrogen-bond acceptors (Lipinski definition) is 9. The van der Waals surface area contributed by atoms with Crippen LogP contribution < -0.4 is 14.9 Å². The zero-order valence-corrected chi connectivity index (χ0v) is 16.7. The van der Waals surface area contributed by atoms with Crippen LogP contribution in [0.5, 0.6) is 17.2 Å². The fourth-order valence-electron chi connectivity index (χ4n) is 2.44. The summed E-state index contributed by atoms with van der Waals surface area (Å²) in [5.74, 6) is -0.136. The van der Waals surface area contributed by atoms with E-state index in [4.69, 9.17) is 9.47 Å². The third-order valence-corrected chi connectivity index (χ3v) is 4.75. The molecule has 0 saturated carbocycles. The highest BCUT2D eigenvalue weighted by molar-refractivity contribution is 7.12. The molecule has 1 heterocycles. The number of nitro groups is 2. The molecule has 0 fully saturated rings. The number of nitrogens with zero attached hydrogens (tertiary/aromatic N) is 3. The van der Waals surface area contributed by atoms with Crippen molar-refractivity contribution in [2.24, 2.45) is 5.10 Å². The highest BCUT2D eigenvalue weighted by atomic mass is 32.1. The van der Waals surface area contributed by atoms with Crippen molar-refractivity contribution in [2.75, 3.05) is 7.11 Å². The van der Waals surface area contributed by atoms with Crippen LogP contribution in [0.3, 0.4) is 0 Å². The number of rotatable bonds is 8. The van der Waals surface area contributed by atoms with Gasteiger partial charge in [-0.2, -0.15) is 5.10 Å². The summed E-state index contributed by atoms with van der Waals surface area (Å²) in [6, 6.07) is 11.1. The van der Waals surface area contributed by atoms with Crippen LogP contribution >= 0.6 is 11.3 Å². The molecule has 158 valence electrons. The van der Waals surface area contributed by atoms with Gasteiger partial charge in [0.05, 0.1) is 34.1 Å². The van der Waals surface area contributed by atoms with E-state index in [2.05, 4.69) is 10.5 Å². The van der Waals surface area contributed by atoms with Crippen LogP contribution in [0, 0.1) is 20.2 Å². The predicted molar refractivity (Wildman–Crippen MR) is 112 cm³/mol. The molecule has 0 atom stereocenters. The number of carbonyl (C=O) groups excluding carboxylic acids is 1. The van der Waals surface area contributed by atoms with Crippen LogP contribution in [-0.2, 0) is 0 Å². The fraction of sp³-hybridized carbons (Fsp3) is 0.0526. The molecule has 0 radical (unpaired) electrons. The maximum Gasteiger partial charge on any atom is 0.318 e. The summed E-state index contributed by atoms with van der Waals surface area (Å²) in [6.07, 6.45) is 1.39. The van der Waals surface area contributed by atoms with Gasteiger partial charge in [0.1, 0.15) is 0 Å². The maximum absolute atomic E-state index is 11.9. The molecule has 0 saturated heterocycles. The number of hydrazone groups is 1. The van der Waals surface area contributed by atoms with Crippen molar-refractivity contribution in [1.29, 1.82) is 0 Å². The number of nitrogens with one attached hydrogen (secondary N) is 1. The minimum Gasteiger partial charge on any atom is -0.493 e. The Morgan fingerprint density at radius 1 is 1.06 bits per heavy atom. The molecule has 1 aromatic heterocycles. The minimum absolute atomic E-state index is 0.152. The molecule has 2 aromatic carbocycles. The summed E-state index contributed by atoms with van der Waals surface area (Å²) in [5, 5.41) is 27.8. The number of ether oxygens (including phenoxy) is 2. The largest absolute Gasteiger partial charge is 0.493 e. The van der Waals surface area contributed by atoms with Gasteiger partial charge < -0.3 is 9.47 Å². The molecule has 1 amide bonds. The second kappa shape index (κ2) is 9.45. The van der Waals surface area contributed by atoms with Gasteiger partial charge in [0.15, 0.2) is 11.5 Å². The number of methoxy groups -OCH3 is 1. The number of thiophene rings is 1. The van der Waals surface area contributed by atoms with Gasteiger partial charge in [0.25, 0.3) is 11.6 Å². The van der Waals surface area contributed by atoms with Gasteiger partial charge in [-0.25, -0.2) is 5.43 Å². The summed E-state index contributed by atoms with van der Waals surface area (Å²) in [6.45, 7) is 0. The van der Waals surface area contributed by atoms with Crippen molar-refractivity contribution in [3.63, 3.8) is 0 Å². The lowest BCUT2D eigenvalue weighted by molar-refractivity contribution is -0.394. The zero-order chi connectivity index (χ0) is 22.4. The molecule has 11 nitrogen and oxygen atoms in total. The van der Waals surface area contributed by atoms with E-state index in [1.54, 1.807) is 29.6 Å². The molecular formula is C19H14N4O7S. The van der Waals surface area contributed by atoms with Gasteiger partial charge in [-0.3, -0.25) is 25.0 Å². The predicted octanol–water partition coefficient (Wildman–Crippen LogP) is 4.13. The van der Waals surface area contributed by atoms with E-state index in [-0.39, 0.29) is 23.2 Å². The number of carbonyl (C=O) groups is 1. The molecule has 0 spiro atoms. The van der Waals surface area contributed by atoms with Crippen molar-refractivity contribution in [2.45, 2.75) is 0 Å². The van der Waals surface area contributed by atoms with Gasteiger partial charge >= 0.3 is 5.69 Å². The molecule has 12 heteroatoms. The molecule has 0 bridgehead atoms. The molecule has 0 aliphatic heterocycles. The van der Waals surface area contributed by atoms with Gasteiger partial charge in [-0.15, -0.1) is 11.3 Å². The van der Waals surface area contributed by atoms with Gasteiger partial charge in [-0.1, -0.05) is 6.07 Å². The van der Waals surface area contributed by atoms with Crippen LogP contribution in [0.15, 0.2) is 59.0 Å². The van der Waals surface area contributed by atoms with Crippen LogP contribution in [0.1, 0.15) is 15.2 Å². The Labute approximate surface area is 178 Å². The van der Waals surface area contributed by atoms with Crippen LogP contribution in [-0.4, -0.2) is 29.1 Å². The van der Waals surface area contributed by atoms with Crippen LogP contribution in [0.4, 0.5) is 11.4 Å². The second-order valence-electron chi connectivity index (χ2n) is 5.86. The molecular weight excluding hydrogens is 428 g/mol. The SMILES string of the molecule is COc1cc(C=NNC(=O)c2cccs2)ccc1Oc1ccc([N+](=O)[O-])cc1[N+](=O)[O-]. The average molecular weight is 442 g/mol. The van der Waals surface area contributed by atoms with Crippen LogP contribution in [0.2, 0.25) is 0 Å². The maximum atomic E-state index is 11.9. The highest BCUT2D eigenvalue weighted by Crippen LogP contribution is 2.38. The molecule has 3 aromatic rings. The first-order valence-corrected chi connectivity index (χ1v) is 9.42. The Bertz CT molecular complexity index is 1160. The van der Waals surface area contributed by atoms with E-state index in [0.717, 1.165) is 18.2 Å². The molecule has 3 rings (SSSR count). The Kier molecular flexibility index (Phi) is 6.52. The van der Waals surface area contributed by atoms with Crippen molar-refractivity contribution in [3.8, 4) is 17.2 Å². The average Bonchev–Trinajstić information content (AvgIpc) is 3.29. The van der Waals surface area contributed by atoms with Crippen LogP contribution in [0.25, 0.3) is 0 Å². The third kappa shape index (κ3) is 5.19. The summed E-state index contributed by atoms with van der Waals surface area (Å²) in [5.41, 5.74) is 1.98. The van der Waals surface area contributed by atoms with E-state index in [0.29, 0.717) is 10.4 Å². The van der Waals surface area contributed by atoms with Crippen molar-refractivity contribution in [3.05, 3.63) is 84.6 Å². The number of amides is 1. The first-order chi connectivity index (χ1) is 14.9. The summed E-state index contributed by atoms with van der Waals surface area (Å²) >= 11 is 1.28. The summed E-state index contributed by atoms with van der Waals surface area (Å²) in [4.78, 5) is 33.0. The summed E-state index contributed by atoms with van der Waals surface area (Å²) < 4.78 is 10.8. The van der Waals surface area contributed by atoms with E-state index < -0.39 is 21.2 Å². The Balaban J connectivity index is 1.79. The Morgan fingerprint density at radius 3 is 2.48 bits per heavy atom. The standard InChI is InChI=1S/C19H14N4O7S/c1-29-17-9-12(11-20-21-19(24)18-3-2-8-31-18)4-6-16(17)30-15-7-5-13(22(25)26)10-14(15)23(27)28/h2-11H,1H3,(H,21,24). The third-order valence-electron chi connectivity index (χ3n) is 3.88. The first-order valence-electron chi connectivity index (χ1n) is 8.54. The number of non-ortho nitro benzene ring substituents is 1. The first kappa shape index (κ1) is 21.4. The summed E-state index contributed by atoms with van der Waals surface area (Å²) in [7, 11) is 1.38. The Morgan fingerprint density at radius 2 is 1.84 bits per heavy atom. The Hall–Kier alpha value is -4.32. The normalized spacial score (nSPS) is 10.6. The number of hydrogen-bond donors (Lipinski definition) is 1. The lowest BCUT2D eigenvalue weighted by Gasteiger charge is -2.11. The molecule has 31 heavy (non-hydrogen) atoms. The number of benzene rings is 2. The highest BCUT2D eigenvalue weighted by Gasteiger charge is 2.22. The minimum atomic E-state index is -0.772. The van der Waals surface area contributed by atoms with Gasteiger partial charge in [0.2, 0.25) is 5.75 Å². The van der Waals surface area contributed by atoms with Gasteiger partial charge in [0, 0.05) is 6.07 Å². The van der Waals surface area contributed by atoms with Crippen molar-refractivity contribution >= 4 is 34.8 Å². The van der Waals surface area contributed by atoms with E-state index >= 15 is 0 Å². The van der Waals surface area contributed by atoms with Crippen molar-refractivity contribution in [1.82, 2.24) is 5.43 Å². The zero-order valence-electron chi connectivity index (χ0n) is 15.9. The number of nitro benzene ring substituents is 2. The molecule has 0 unspecified atom stereocenters. The molecule has 0 aliphatic carbocycles. The monoisotopic (exact) mass is 442 g/mol. The topological polar surface area (TPSA) is 146 Å². The second-order valence-corrected chi connectivity index (χ2v) is 6.80. The molecule has 0 aliphatic rings. The lowest BCUT2D eigenvalue weighted by atomic mass is 10.2. The fourth-order valence-corrected chi connectivity index (χ4v) is 3.06. The van der Waals surface area contributed by atoms with Crippen molar-refractivity contribution < 1.29 is 24.1 Å². The van der Waals surface area contributed by atoms with Gasteiger partial charge in [-0.05, 0) is 41.3 Å². The van der Waals surface area contributed by atoms with E-state index in [9.17, 15) is 25.0 Å². The van der Waals surface area contributed by atoms with E-state index in [1.807, 2.05) is 0 Å². The van der Waals surface area contributed by atoms with E-state index in [1.165, 1.54) is 30.7 Å². The quantitative estimate of drug-likeness (QED) is 0.313. The molecule has 1 N–H and O–H groups in total.